The van der Waals surface area contributed by atoms with Gasteiger partial charge in [0.1, 0.15) is 0 Å². The summed E-state index contributed by atoms with van der Waals surface area (Å²) in [5.74, 6) is 0.467. The van der Waals surface area contributed by atoms with Gasteiger partial charge in [-0.05, 0) is 49.4 Å². The first-order chi connectivity index (χ1) is 13.0. The van der Waals surface area contributed by atoms with Gasteiger partial charge >= 0.3 is 0 Å². The fraction of sp³-hybridized carbons (Fsp3) is 0.300. The standard InChI is InChI=1S/C20H20N4O2S/c1-11-17(23-19(26)7-13-3-4-13)8-15(10-21-11)14-5-6-16-18(9-14)27-20(24-16)22-12(2)25/h5-6,8-10,13H,3-4,7H2,1-2H3,(H,23,26)(H,22,24,25). The molecular weight excluding hydrogens is 360 g/mol. The van der Waals surface area contributed by atoms with Crippen LogP contribution in [0.5, 0.6) is 0 Å². The first-order valence-corrected chi connectivity index (χ1v) is 9.74. The molecule has 0 unspecified atom stereocenters. The molecule has 0 radical (unpaired) electrons. The minimum absolute atomic E-state index is 0.0532. The zero-order chi connectivity index (χ0) is 19.0. The van der Waals surface area contributed by atoms with Crippen LogP contribution in [0.15, 0.2) is 30.5 Å². The van der Waals surface area contributed by atoms with Crippen molar-refractivity contribution >= 4 is 44.2 Å². The van der Waals surface area contributed by atoms with E-state index in [1.54, 1.807) is 0 Å². The Morgan fingerprint density at radius 2 is 2.00 bits per heavy atom. The van der Waals surface area contributed by atoms with E-state index in [2.05, 4.69) is 20.6 Å². The average Bonchev–Trinajstić information content (AvgIpc) is 3.32. The summed E-state index contributed by atoms with van der Waals surface area (Å²) >= 11 is 1.43. The minimum atomic E-state index is -0.136. The quantitative estimate of drug-likeness (QED) is 0.689. The van der Waals surface area contributed by atoms with Gasteiger partial charge in [-0.1, -0.05) is 17.4 Å². The summed E-state index contributed by atoms with van der Waals surface area (Å²) in [6, 6.07) is 7.89. The number of amides is 2. The van der Waals surface area contributed by atoms with Crippen LogP contribution in [0.2, 0.25) is 0 Å². The lowest BCUT2D eigenvalue weighted by Crippen LogP contribution is -2.13. The topological polar surface area (TPSA) is 84.0 Å². The fourth-order valence-electron chi connectivity index (χ4n) is 2.91. The number of carbonyl (C=O) groups is 2. The van der Waals surface area contributed by atoms with Gasteiger partial charge in [-0.15, -0.1) is 0 Å². The van der Waals surface area contributed by atoms with Gasteiger partial charge in [-0.3, -0.25) is 14.6 Å². The SMILES string of the molecule is CC(=O)Nc1nc2ccc(-c3cnc(C)c(NC(=O)CC4CC4)c3)cc2s1. The zero-order valence-corrected chi connectivity index (χ0v) is 16.0. The maximum absolute atomic E-state index is 12.1. The van der Waals surface area contributed by atoms with E-state index in [0.29, 0.717) is 17.5 Å². The third-order valence-corrected chi connectivity index (χ3v) is 5.47. The van der Waals surface area contributed by atoms with Crippen molar-refractivity contribution < 1.29 is 9.59 Å². The third-order valence-electron chi connectivity index (χ3n) is 4.54. The predicted octanol–water partition coefficient (Wildman–Crippen LogP) is 4.36. The van der Waals surface area contributed by atoms with Gasteiger partial charge in [0.2, 0.25) is 11.8 Å². The van der Waals surface area contributed by atoms with Crippen molar-refractivity contribution in [2.45, 2.75) is 33.1 Å². The lowest BCUT2D eigenvalue weighted by Gasteiger charge is -2.10. The second kappa shape index (κ2) is 7.08. The molecule has 0 spiro atoms. The molecule has 2 amide bonds. The number of hydrogen-bond acceptors (Lipinski definition) is 5. The summed E-state index contributed by atoms with van der Waals surface area (Å²) in [6.45, 7) is 3.36. The van der Waals surface area contributed by atoms with Gasteiger partial charge in [-0.2, -0.15) is 0 Å². The summed E-state index contributed by atoms with van der Waals surface area (Å²) in [7, 11) is 0. The first kappa shape index (κ1) is 17.6. The van der Waals surface area contributed by atoms with Crippen LogP contribution in [0.1, 0.15) is 31.9 Å². The zero-order valence-electron chi connectivity index (χ0n) is 15.2. The Morgan fingerprint density at radius 1 is 1.19 bits per heavy atom. The van der Waals surface area contributed by atoms with E-state index in [9.17, 15) is 9.59 Å². The number of benzene rings is 1. The summed E-state index contributed by atoms with van der Waals surface area (Å²) in [5, 5.41) is 6.30. The third kappa shape index (κ3) is 4.14. The van der Waals surface area contributed by atoms with E-state index >= 15 is 0 Å². The molecule has 2 N–H and O–H groups in total. The molecule has 2 aromatic heterocycles. The van der Waals surface area contributed by atoms with Crippen molar-refractivity contribution in [3.8, 4) is 11.1 Å². The molecule has 1 saturated carbocycles. The molecule has 0 bridgehead atoms. The maximum Gasteiger partial charge on any atom is 0.224 e. The smallest absolute Gasteiger partial charge is 0.224 e. The first-order valence-electron chi connectivity index (χ1n) is 8.93. The molecule has 6 nitrogen and oxygen atoms in total. The van der Waals surface area contributed by atoms with Crippen molar-refractivity contribution in [2.24, 2.45) is 5.92 Å². The van der Waals surface area contributed by atoms with E-state index < -0.39 is 0 Å². The highest BCUT2D eigenvalue weighted by Crippen LogP contribution is 2.34. The number of hydrogen-bond donors (Lipinski definition) is 2. The molecule has 2 heterocycles. The van der Waals surface area contributed by atoms with Gasteiger partial charge in [0.15, 0.2) is 5.13 Å². The van der Waals surface area contributed by atoms with Crippen molar-refractivity contribution in [2.75, 3.05) is 10.6 Å². The van der Waals surface area contributed by atoms with Crippen LogP contribution < -0.4 is 10.6 Å². The van der Waals surface area contributed by atoms with Crippen molar-refractivity contribution in [1.82, 2.24) is 9.97 Å². The molecule has 3 aromatic rings. The number of aryl methyl sites for hydroxylation is 1. The number of nitrogens with one attached hydrogen (secondary N) is 2. The number of rotatable bonds is 5. The van der Waals surface area contributed by atoms with Crippen molar-refractivity contribution in [1.29, 1.82) is 0 Å². The normalized spacial score (nSPS) is 13.6. The lowest BCUT2D eigenvalue weighted by molar-refractivity contribution is -0.116. The largest absolute Gasteiger partial charge is 0.324 e. The van der Waals surface area contributed by atoms with Crippen molar-refractivity contribution in [3.63, 3.8) is 0 Å². The summed E-state index contributed by atoms with van der Waals surface area (Å²) in [6.07, 6.45) is 4.70. The molecule has 1 aliphatic rings. The van der Waals surface area contributed by atoms with E-state index in [4.69, 9.17) is 0 Å². The highest BCUT2D eigenvalue weighted by molar-refractivity contribution is 7.22. The molecule has 1 fully saturated rings. The molecule has 138 valence electrons. The van der Waals surface area contributed by atoms with E-state index in [1.807, 2.05) is 37.4 Å². The Kier molecular flexibility index (Phi) is 4.61. The van der Waals surface area contributed by atoms with Gasteiger partial charge in [0, 0.05) is 25.1 Å². The van der Waals surface area contributed by atoms with E-state index in [1.165, 1.54) is 18.3 Å². The minimum Gasteiger partial charge on any atom is -0.324 e. The van der Waals surface area contributed by atoms with E-state index in [-0.39, 0.29) is 11.8 Å². The molecule has 1 aromatic carbocycles. The highest BCUT2D eigenvalue weighted by Gasteiger charge is 2.24. The van der Waals surface area contributed by atoms with Crippen LogP contribution in [0.4, 0.5) is 10.8 Å². The van der Waals surface area contributed by atoms with Crippen molar-refractivity contribution in [3.05, 3.63) is 36.2 Å². The van der Waals surface area contributed by atoms with Gasteiger partial charge in [0.25, 0.3) is 0 Å². The second-order valence-electron chi connectivity index (χ2n) is 6.94. The molecule has 27 heavy (non-hydrogen) atoms. The fourth-order valence-corrected chi connectivity index (χ4v) is 3.86. The Labute approximate surface area is 161 Å². The van der Waals surface area contributed by atoms with Gasteiger partial charge < -0.3 is 10.6 Å². The van der Waals surface area contributed by atoms with Crippen LogP contribution in [-0.2, 0) is 9.59 Å². The number of nitrogens with zero attached hydrogens (tertiary/aromatic N) is 2. The number of anilines is 2. The molecule has 4 rings (SSSR count). The Hall–Kier alpha value is -2.80. The molecule has 0 saturated heterocycles. The van der Waals surface area contributed by atoms with Crippen LogP contribution in [-0.4, -0.2) is 21.8 Å². The summed E-state index contributed by atoms with van der Waals surface area (Å²) in [5.41, 5.74) is 4.31. The Morgan fingerprint density at radius 3 is 2.74 bits per heavy atom. The second-order valence-corrected chi connectivity index (χ2v) is 7.97. The molecule has 0 atom stereocenters. The number of fused-ring (bicyclic) bond motifs is 1. The van der Waals surface area contributed by atoms with E-state index in [0.717, 1.165) is 45.6 Å². The summed E-state index contributed by atoms with van der Waals surface area (Å²) < 4.78 is 0.983. The highest BCUT2D eigenvalue weighted by atomic mass is 32.1. The van der Waals surface area contributed by atoms with Crippen LogP contribution >= 0.6 is 11.3 Å². The summed E-state index contributed by atoms with van der Waals surface area (Å²) in [4.78, 5) is 32.2. The average molecular weight is 380 g/mol. The Balaban J connectivity index is 1.60. The number of pyridine rings is 1. The number of carbonyl (C=O) groups excluding carboxylic acids is 2. The predicted molar refractivity (Wildman–Crippen MR) is 108 cm³/mol. The lowest BCUT2D eigenvalue weighted by atomic mass is 10.1. The molecule has 1 aliphatic carbocycles. The van der Waals surface area contributed by atoms with Crippen LogP contribution in [0, 0.1) is 12.8 Å². The Bertz CT molecular complexity index is 1040. The molecule has 0 aliphatic heterocycles. The number of aromatic nitrogens is 2. The number of thiazole rings is 1. The maximum atomic E-state index is 12.1. The van der Waals surface area contributed by atoms with Crippen LogP contribution in [0.3, 0.4) is 0 Å². The van der Waals surface area contributed by atoms with Crippen LogP contribution in [0.25, 0.3) is 21.3 Å². The molecule has 7 heteroatoms. The van der Waals surface area contributed by atoms with Gasteiger partial charge in [0.05, 0.1) is 21.6 Å². The molecular formula is C20H20N4O2S. The monoisotopic (exact) mass is 380 g/mol. The van der Waals surface area contributed by atoms with Gasteiger partial charge in [-0.25, -0.2) is 4.98 Å².